The lowest BCUT2D eigenvalue weighted by atomic mass is 10.2. The van der Waals surface area contributed by atoms with Gasteiger partial charge in [0.05, 0.1) is 35.5 Å². The number of aliphatic hydroxyl groups is 1. The van der Waals surface area contributed by atoms with Crippen LogP contribution in [0.15, 0.2) is 64.6 Å². The van der Waals surface area contributed by atoms with Crippen molar-refractivity contribution in [3.63, 3.8) is 0 Å². The number of nitrogens with zero attached hydrogens (tertiary/aromatic N) is 2. The van der Waals surface area contributed by atoms with E-state index in [2.05, 4.69) is 36.9 Å². The maximum absolute atomic E-state index is 10.7. The first kappa shape index (κ1) is 25.1. The number of ether oxygens (including phenoxy) is 3. The number of rotatable bonds is 11. The van der Waals surface area contributed by atoms with Gasteiger partial charge in [0, 0.05) is 30.4 Å². The van der Waals surface area contributed by atoms with Crippen molar-refractivity contribution >= 4 is 33.0 Å². The highest BCUT2D eigenvalue weighted by molar-refractivity contribution is 9.10. The summed E-state index contributed by atoms with van der Waals surface area (Å²) in [4.78, 5) is 11.1. The van der Waals surface area contributed by atoms with Gasteiger partial charge in [-0.05, 0) is 64.6 Å². The maximum Gasteiger partial charge on any atom is 0.162 e. The number of H-pyrrole nitrogens is 1. The fraction of sp³-hybridized carbons (Fsp3) is 0.269. The monoisotopic (exact) mass is 557 g/mol. The number of nitrogens with one attached hydrogen (secondary N) is 1. The van der Waals surface area contributed by atoms with E-state index in [4.69, 9.17) is 14.2 Å². The summed E-state index contributed by atoms with van der Waals surface area (Å²) in [5.41, 5.74) is 2.87. The predicted octanol–water partition coefficient (Wildman–Crippen LogP) is 5.85. The Kier molecular flexibility index (Phi) is 8.33. The number of hydrogen-bond donors (Lipinski definition) is 2. The van der Waals surface area contributed by atoms with Gasteiger partial charge in [0.15, 0.2) is 11.5 Å². The topological polar surface area (TPSA) is 79.8 Å². The lowest BCUT2D eigenvalue weighted by molar-refractivity contribution is 0.112. The average Bonchev–Trinajstić information content (AvgIpc) is 3.58. The summed E-state index contributed by atoms with van der Waals surface area (Å²) in [5, 5.41) is 12.7. The lowest BCUT2D eigenvalue weighted by Crippen LogP contribution is -2.35. The third-order valence-electron chi connectivity index (χ3n) is 5.54. The fourth-order valence-corrected chi connectivity index (χ4v) is 4.91. The van der Waals surface area contributed by atoms with Crippen molar-refractivity contribution in [2.24, 2.45) is 0 Å². The van der Waals surface area contributed by atoms with E-state index >= 15 is 0 Å². The minimum Gasteiger partial charge on any atom is -0.493 e. The summed E-state index contributed by atoms with van der Waals surface area (Å²) in [7, 11) is 3.22. The molecule has 2 heterocycles. The van der Waals surface area contributed by atoms with E-state index in [1.54, 1.807) is 25.6 Å². The summed E-state index contributed by atoms with van der Waals surface area (Å²) < 4.78 is 17.4. The highest BCUT2D eigenvalue weighted by Crippen LogP contribution is 2.33. The Morgan fingerprint density at radius 3 is 2.57 bits per heavy atom. The molecule has 0 radical (unpaired) electrons. The van der Waals surface area contributed by atoms with Gasteiger partial charge in [0.25, 0.3) is 0 Å². The molecular formula is C26H28BrN3O4S. The molecule has 0 amide bonds. The molecule has 9 heteroatoms. The molecule has 0 spiro atoms. The summed E-state index contributed by atoms with van der Waals surface area (Å²) in [6.45, 7) is 3.34. The highest BCUT2D eigenvalue weighted by atomic mass is 79.9. The van der Waals surface area contributed by atoms with Gasteiger partial charge in [0.2, 0.25) is 0 Å². The summed E-state index contributed by atoms with van der Waals surface area (Å²) in [6, 6.07) is 15.6. The molecule has 7 nitrogen and oxygen atoms in total. The number of likely N-dealkylation sites (N-methyl/N-ethyl adjacent to an activating group) is 1. The number of benzene rings is 2. The number of aromatic amines is 1. The smallest absolute Gasteiger partial charge is 0.162 e. The Bertz CT molecular complexity index is 1250. The van der Waals surface area contributed by atoms with Crippen LogP contribution in [0.1, 0.15) is 6.92 Å². The van der Waals surface area contributed by atoms with Gasteiger partial charge >= 0.3 is 0 Å². The number of imidazole rings is 1. The van der Waals surface area contributed by atoms with Gasteiger partial charge in [-0.1, -0.05) is 6.07 Å². The molecule has 0 saturated heterocycles. The molecule has 2 aromatic carbocycles. The van der Waals surface area contributed by atoms with Crippen LogP contribution < -0.4 is 19.1 Å². The lowest BCUT2D eigenvalue weighted by Gasteiger charge is -2.26. The Labute approximate surface area is 217 Å². The van der Waals surface area contributed by atoms with Crippen LogP contribution >= 0.6 is 27.3 Å². The van der Waals surface area contributed by atoms with E-state index in [-0.39, 0.29) is 6.61 Å². The molecule has 0 saturated carbocycles. The van der Waals surface area contributed by atoms with Crippen LogP contribution in [0.25, 0.3) is 22.0 Å². The second kappa shape index (κ2) is 11.6. The zero-order valence-corrected chi connectivity index (χ0v) is 22.2. The van der Waals surface area contributed by atoms with Crippen molar-refractivity contribution in [3.8, 4) is 39.2 Å². The van der Waals surface area contributed by atoms with Gasteiger partial charge in [0.1, 0.15) is 24.3 Å². The third kappa shape index (κ3) is 5.98. The minimum absolute atomic E-state index is 0.158. The summed E-state index contributed by atoms with van der Waals surface area (Å²) in [5.74, 6) is 2.76. The van der Waals surface area contributed by atoms with E-state index in [0.29, 0.717) is 23.8 Å². The fourth-order valence-electron chi connectivity index (χ4n) is 3.72. The molecule has 0 aliphatic rings. The van der Waals surface area contributed by atoms with E-state index in [1.165, 1.54) is 0 Å². The van der Waals surface area contributed by atoms with Crippen molar-refractivity contribution in [1.29, 1.82) is 0 Å². The molecular weight excluding hydrogens is 530 g/mol. The minimum atomic E-state index is -0.687. The zero-order valence-electron chi connectivity index (χ0n) is 19.8. The van der Waals surface area contributed by atoms with Crippen LogP contribution in [0.4, 0.5) is 5.69 Å². The third-order valence-corrected chi connectivity index (χ3v) is 7.07. The molecule has 0 fully saturated rings. The van der Waals surface area contributed by atoms with Crippen molar-refractivity contribution < 1.29 is 19.3 Å². The standard InChI is InChI=1S/C26H28BrN3O4S/c1-4-30(18-8-10-23(32-2)24(13-18)33-3)15-19(31)16-34-22-9-7-17(12-20(22)27)26-28-14-21(29-26)25-6-5-11-35-25/h5-14,19,31H,4,15-16H2,1-3H3,(H,28,29)/t19-/m0/s1. The van der Waals surface area contributed by atoms with Gasteiger partial charge < -0.3 is 29.2 Å². The molecule has 2 aromatic heterocycles. The first-order valence-corrected chi connectivity index (χ1v) is 12.9. The first-order valence-electron chi connectivity index (χ1n) is 11.2. The van der Waals surface area contributed by atoms with Crippen molar-refractivity contribution in [2.75, 3.05) is 38.8 Å². The Morgan fingerprint density at radius 2 is 1.89 bits per heavy atom. The molecule has 0 aliphatic carbocycles. The van der Waals surface area contributed by atoms with Gasteiger partial charge in [-0.15, -0.1) is 11.3 Å². The molecule has 0 unspecified atom stereocenters. The molecule has 4 aromatic rings. The van der Waals surface area contributed by atoms with Crippen LogP contribution in [-0.2, 0) is 0 Å². The Balaban J connectivity index is 1.37. The Hall–Kier alpha value is -3.01. The number of aromatic nitrogens is 2. The number of aliphatic hydroxyl groups excluding tert-OH is 1. The van der Waals surface area contributed by atoms with E-state index in [9.17, 15) is 5.11 Å². The van der Waals surface area contributed by atoms with Crippen LogP contribution in [0.5, 0.6) is 17.2 Å². The number of anilines is 1. The van der Waals surface area contributed by atoms with Crippen LogP contribution in [0.2, 0.25) is 0 Å². The number of halogens is 1. The molecule has 0 aliphatic heterocycles. The summed E-state index contributed by atoms with van der Waals surface area (Å²) in [6.07, 6.45) is 1.15. The average molecular weight is 558 g/mol. The van der Waals surface area contributed by atoms with Gasteiger partial charge in [-0.25, -0.2) is 4.98 Å². The van der Waals surface area contributed by atoms with E-state index in [1.807, 2.05) is 61.0 Å². The first-order chi connectivity index (χ1) is 17.0. The van der Waals surface area contributed by atoms with Crippen molar-refractivity contribution in [1.82, 2.24) is 9.97 Å². The quantitative estimate of drug-likeness (QED) is 0.241. The zero-order chi connectivity index (χ0) is 24.8. The number of thiophene rings is 1. The van der Waals surface area contributed by atoms with E-state index in [0.717, 1.165) is 38.7 Å². The van der Waals surface area contributed by atoms with Crippen molar-refractivity contribution in [2.45, 2.75) is 13.0 Å². The predicted molar refractivity (Wildman–Crippen MR) is 144 cm³/mol. The van der Waals surface area contributed by atoms with Crippen LogP contribution in [0.3, 0.4) is 0 Å². The number of methoxy groups -OCH3 is 2. The Morgan fingerprint density at radius 1 is 1.09 bits per heavy atom. The number of hydrogen-bond acceptors (Lipinski definition) is 7. The molecule has 1 atom stereocenters. The molecule has 4 rings (SSSR count). The van der Waals surface area contributed by atoms with E-state index < -0.39 is 6.10 Å². The largest absolute Gasteiger partial charge is 0.493 e. The molecule has 2 N–H and O–H groups in total. The van der Waals surface area contributed by atoms with Crippen LogP contribution in [-0.4, -0.2) is 55.1 Å². The molecule has 184 valence electrons. The second-order valence-corrected chi connectivity index (χ2v) is 9.61. The van der Waals surface area contributed by atoms with Gasteiger partial charge in [-0.2, -0.15) is 0 Å². The SMILES string of the molecule is CCN(C[C@H](O)COc1ccc(-c2ncc(-c3cccs3)[nH]2)cc1Br)c1ccc(OC)c(OC)c1. The second-order valence-electron chi connectivity index (χ2n) is 7.81. The van der Waals surface area contributed by atoms with Crippen molar-refractivity contribution in [3.05, 3.63) is 64.6 Å². The van der Waals surface area contributed by atoms with Gasteiger partial charge in [-0.3, -0.25) is 0 Å². The normalized spacial score (nSPS) is 11.8. The molecule has 35 heavy (non-hydrogen) atoms. The summed E-state index contributed by atoms with van der Waals surface area (Å²) >= 11 is 5.26. The highest BCUT2D eigenvalue weighted by Gasteiger charge is 2.16. The maximum atomic E-state index is 10.7. The van der Waals surface area contributed by atoms with Crippen LogP contribution in [0, 0.1) is 0 Å². The molecule has 0 bridgehead atoms.